The number of carboxylic acid groups (broad SMARTS) is 1. The molecule has 0 saturated heterocycles. The van der Waals surface area contributed by atoms with Crippen LogP contribution in [0.5, 0.6) is 0 Å². The molecule has 8 nitrogen and oxygen atoms in total. The first-order valence-corrected chi connectivity index (χ1v) is 9.04. The van der Waals surface area contributed by atoms with E-state index in [9.17, 15) is 19.5 Å². The molecule has 2 aromatic carbocycles. The molecule has 3 aromatic rings. The van der Waals surface area contributed by atoms with Gasteiger partial charge >= 0.3 is 12.0 Å². The lowest BCUT2D eigenvalue weighted by Gasteiger charge is -2.14. The van der Waals surface area contributed by atoms with Crippen molar-refractivity contribution in [2.24, 2.45) is 0 Å². The highest BCUT2D eigenvalue weighted by Gasteiger charge is 2.18. The Morgan fingerprint density at radius 1 is 1.03 bits per heavy atom. The second-order valence-electron chi connectivity index (χ2n) is 6.55. The molecule has 3 N–H and O–H groups in total. The molecule has 0 fully saturated rings. The van der Waals surface area contributed by atoms with Gasteiger partial charge in [0.05, 0.1) is 21.6 Å². The van der Waals surface area contributed by atoms with E-state index in [0.717, 1.165) is 0 Å². The van der Waals surface area contributed by atoms with Crippen molar-refractivity contribution in [2.45, 2.75) is 19.8 Å². The Labute approximate surface area is 170 Å². The zero-order valence-electron chi connectivity index (χ0n) is 15.6. The minimum atomic E-state index is -1.21. The number of carboxylic acids is 1. The molecule has 29 heavy (non-hydrogen) atoms. The SMILES string of the molecule is CC(C)c1cc(NC(=O)NC(=O)c2ccc3nccnc3c2)cc(C(=O)O)c1Cl. The second-order valence-corrected chi connectivity index (χ2v) is 6.93. The number of aromatic carboxylic acids is 1. The van der Waals surface area contributed by atoms with E-state index in [2.05, 4.69) is 20.6 Å². The summed E-state index contributed by atoms with van der Waals surface area (Å²) in [6.07, 6.45) is 3.04. The first kappa shape index (κ1) is 20.2. The van der Waals surface area contributed by atoms with Crippen molar-refractivity contribution in [3.63, 3.8) is 0 Å². The highest BCUT2D eigenvalue weighted by atomic mass is 35.5. The predicted octanol–water partition coefficient (Wildman–Crippen LogP) is 4.07. The molecule has 1 aromatic heterocycles. The summed E-state index contributed by atoms with van der Waals surface area (Å²) >= 11 is 6.15. The average molecular weight is 413 g/mol. The monoisotopic (exact) mass is 412 g/mol. The van der Waals surface area contributed by atoms with Gasteiger partial charge in [0.2, 0.25) is 0 Å². The summed E-state index contributed by atoms with van der Waals surface area (Å²) in [5.74, 6) is -1.91. The van der Waals surface area contributed by atoms with E-state index in [1.165, 1.54) is 24.4 Å². The number of carbonyl (C=O) groups excluding carboxylic acids is 2. The van der Waals surface area contributed by atoms with Gasteiger partial charge in [-0.15, -0.1) is 0 Å². The van der Waals surface area contributed by atoms with Gasteiger partial charge < -0.3 is 10.4 Å². The highest BCUT2D eigenvalue weighted by molar-refractivity contribution is 6.34. The number of carbonyl (C=O) groups is 3. The van der Waals surface area contributed by atoms with Crippen LogP contribution in [-0.2, 0) is 0 Å². The standard InChI is InChI=1S/C20H17ClN4O4/c1-10(2)13-8-12(9-14(17(13)21)19(27)28)24-20(29)25-18(26)11-3-4-15-16(7-11)23-6-5-22-15/h3-10H,1-2H3,(H,27,28)(H2,24,25,26,29). The molecule has 0 aliphatic carbocycles. The summed E-state index contributed by atoms with van der Waals surface area (Å²) in [5.41, 5.74) is 2.03. The summed E-state index contributed by atoms with van der Waals surface area (Å²) in [6, 6.07) is 6.69. The maximum absolute atomic E-state index is 12.4. The van der Waals surface area contributed by atoms with Gasteiger partial charge in [-0.25, -0.2) is 9.59 Å². The molecule has 0 spiro atoms. The fourth-order valence-corrected chi connectivity index (χ4v) is 3.15. The topological polar surface area (TPSA) is 121 Å². The molecule has 3 amide bonds. The van der Waals surface area contributed by atoms with Gasteiger partial charge in [-0.1, -0.05) is 25.4 Å². The summed E-state index contributed by atoms with van der Waals surface area (Å²) in [6.45, 7) is 3.70. The van der Waals surface area contributed by atoms with Crippen LogP contribution in [0.3, 0.4) is 0 Å². The number of aromatic nitrogens is 2. The van der Waals surface area contributed by atoms with Gasteiger partial charge in [-0.3, -0.25) is 20.1 Å². The Hall–Kier alpha value is -3.52. The van der Waals surface area contributed by atoms with Crippen molar-refractivity contribution in [2.75, 3.05) is 5.32 Å². The molecule has 0 saturated carbocycles. The predicted molar refractivity (Wildman–Crippen MR) is 109 cm³/mol. The Balaban J connectivity index is 1.79. The van der Waals surface area contributed by atoms with E-state index in [0.29, 0.717) is 16.6 Å². The number of benzene rings is 2. The third-order valence-electron chi connectivity index (χ3n) is 4.17. The quantitative estimate of drug-likeness (QED) is 0.594. The van der Waals surface area contributed by atoms with Crippen molar-refractivity contribution in [1.82, 2.24) is 15.3 Å². The van der Waals surface area contributed by atoms with Crippen molar-refractivity contribution in [1.29, 1.82) is 0 Å². The van der Waals surface area contributed by atoms with Crippen LogP contribution < -0.4 is 10.6 Å². The Morgan fingerprint density at radius 3 is 2.38 bits per heavy atom. The number of urea groups is 1. The lowest BCUT2D eigenvalue weighted by atomic mass is 9.99. The summed E-state index contributed by atoms with van der Waals surface area (Å²) < 4.78 is 0. The third-order valence-corrected chi connectivity index (χ3v) is 4.59. The number of nitrogens with zero attached hydrogens (tertiary/aromatic N) is 2. The van der Waals surface area contributed by atoms with E-state index in [4.69, 9.17) is 11.6 Å². The summed E-state index contributed by atoms with van der Waals surface area (Å²) in [7, 11) is 0. The minimum Gasteiger partial charge on any atom is -0.478 e. The highest BCUT2D eigenvalue weighted by Crippen LogP contribution is 2.31. The van der Waals surface area contributed by atoms with E-state index < -0.39 is 17.9 Å². The lowest BCUT2D eigenvalue weighted by molar-refractivity contribution is 0.0696. The van der Waals surface area contributed by atoms with Crippen LogP contribution >= 0.6 is 11.6 Å². The van der Waals surface area contributed by atoms with Crippen LogP contribution in [0.4, 0.5) is 10.5 Å². The molecule has 0 atom stereocenters. The molecule has 0 aliphatic rings. The van der Waals surface area contributed by atoms with Crippen LogP contribution in [0, 0.1) is 0 Å². The summed E-state index contributed by atoms with van der Waals surface area (Å²) in [4.78, 5) is 44.3. The second kappa shape index (κ2) is 8.24. The molecule has 0 aliphatic heterocycles. The number of hydrogen-bond acceptors (Lipinski definition) is 5. The molecule has 9 heteroatoms. The van der Waals surface area contributed by atoms with Crippen LogP contribution in [0.2, 0.25) is 5.02 Å². The molecule has 3 rings (SSSR count). The number of amides is 3. The molecular formula is C20H17ClN4O4. The van der Waals surface area contributed by atoms with Crippen molar-refractivity contribution in [3.8, 4) is 0 Å². The number of rotatable bonds is 4. The summed E-state index contributed by atoms with van der Waals surface area (Å²) in [5, 5.41) is 14.1. The Kier molecular flexibility index (Phi) is 5.74. The van der Waals surface area contributed by atoms with Crippen LogP contribution in [0.15, 0.2) is 42.7 Å². The van der Waals surface area contributed by atoms with Gasteiger partial charge in [-0.2, -0.15) is 0 Å². The fraction of sp³-hybridized carbons (Fsp3) is 0.150. The van der Waals surface area contributed by atoms with Crippen molar-refractivity contribution < 1.29 is 19.5 Å². The number of fused-ring (bicyclic) bond motifs is 1. The zero-order valence-corrected chi connectivity index (χ0v) is 16.3. The van der Waals surface area contributed by atoms with E-state index in [1.807, 2.05) is 13.8 Å². The number of imide groups is 1. The van der Waals surface area contributed by atoms with Crippen LogP contribution in [0.1, 0.15) is 46.0 Å². The van der Waals surface area contributed by atoms with Gasteiger partial charge in [0, 0.05) is 23.6 Å². The largest absolute Gasteiger partial charge is 0.478 e. The van der Waals surface area contributed by atoms with Crippen LogP contribution in [0.25, 0.3) is 11.0 Å². The molecular weight excluding hydrogens is 396 g/mol. The van der Waals surface area contributed by atoms with Crippen molar-refractivity contribution in [3.05, 3.63) is 64.4 Å². The Morgan fingerprint density at radius 2 is 1.72 bits per heavy atom. The molecule has 0 bridgehead atoms. The maximum Gasteiger partial charge on any atom is 0.337 e. The number of nitrogens with one attached hydrogen (secondary N) is 2. The average Bonchev–Trinajstić information content (AvgIpc) is 2.68. The zero-order chi connectivity index (χ0) is 21.1. The minimum absolute atomic E-state index is 0.0641. The van der Waals surface area contributed by atoms with Gasteiger partial charge in [0.25, 0.3) is 5.91 Å². The molecule has 148 valence electrons. The van der Waals surface area contributed by atoms with E-state index in [-0.39, 0.29) is 27.8 Å². The van der Waals surface area contributed by atoms with E-state index >= 15 is 0 Å². The first-order valence-electron chi connectivity index (χ1n) is 8.66. The smallest absolute Gasteiger partial charge is 0.337 e. The normalized spacial score (nSPS) is 10.8. The molecule has 0 radical (unpaired) electrons. The van der Waals surface area contributed by atoms with Gasteiger partial charge in [0.1, 0.15) is 0 Å². The molecule has 1 heterocycles. The number of halogens is 1. The maximum atomic E-state index is 12.4. The third kappa shape index (κ3) is 4.49. The van der Waals surface area contributed by atoms with E-state index in [1.54, 1.807) is 18.3 Å². The number of anilines is 1. The lowest BCUT2D eigenvalue weighted by Crippen LogP contribution is -2.34. The van der Waals surface area contributed by atoms with Gasteiger partial charge in [0.15, 0.2) is 0 Å². The van der Waals surface area contributed by atoms with Crippen molar-refractivity contribution >= 4 is 46.2 Å². The first-order chi connectivity index (χ1) is 13.8. The van der Waals surface area contributed by atoms with Crippen LogP contribution in [-0.4, -0.2) is 33.0 Å². The number of hydrogen-bond donors (Lipinski definition) is 3. The molecule has 0 unspecified atom stereocenters. The Bertz CT molecular complexity index is 1130. The van der Waals surface area contributed by atoms with Gasteiger partial charge in [-0.05, 0) is 41.8 Å². The fourth-order valence-electron chi connectivity index (χ4n) is 2.74.